The Morgan fingerprint density at radius 1 is 1.26 bits per heavy atom. The van der Waals surface area contributed by atoms with Crippen LogP contribution in [0.2, 0.25) is 0 Å². The number of carbonyl (C=O) groups excluding carboxylic acids is 2. The number of carboxylic acids is 1. The highest BCUT2D eigenvalue weighted by Crippen LogP contribution is 2.07. The zero-order valence-corrected chi connectivity index (χ0v) is 14.1. The van der Waals surface area contributed by atoms with Crippen LogP contribution in [0.15, 0.2) is 30.3 Å². The highest BCUT2D eigenvalue weighted by molar-refractivity contribution is 7.98. The average molecular weight is 338 g/mol. The Kier molecular flexibility index (Phi) is 8.18. The normalized spacial score (nSPS) is 11.6. The van der Waals surface area contributed by atoms with Crippen LogP contribution in [-0.4, -0.2) is 59.4 Å². The molecule has 0 aromatic heterocycles. The van der Waals surface area contributed by atoms with E-state index in [0.717, 1.165) is 5.75 Å². The molecule has 0 aliphatic rings. The second-order valence-corrected chi connectivity index (χ2v) is 6.06. The van der Waals surface area contributed by atoms with Gasteiger partial charge in [0.1, 0.15) is 6.04 Å². The van der Waals surface area contributed by atoms with Gasteiger partial charge in [-0.25, -0.2) is 0 Å². The van der Waals surface area contributed by atoms with Crippen LogP contribution in [0, 0.1) is 0 Å². The second-order valence-electron chi connectivity index (χ2n) is 5.08. The minimum Gasteiger partial charge on any atom is -0.481 e. The Morgan fingerprint density at radius 3 is 2.48 bits per heavy atom. The highest BCUT2D eigenvalue weighted by atomic mass is 32.2. The summed E-state index contributed by atoms with van der Waals surface area (Å²) in [7, 11) is 1.55. The first-order valence-electron chi connectivity index (χ1n) is 7.27. The molecule has 1 aromatic rings. The fourth-order valence-corrected chi connectivity index (χ4v) is 2.44. The monoisotopic (exact) mass is 338 g/mol. The molecule has 23 heavy (non-hydrogen) atoms. The Bertz CT molecular complexity index is 536. The zero-order chi connectivity index (χ0) is 17.2. The first-order chi connectivity index (χ1) is 11.0. The van der Waals surface area contributed by atoms with E-state index >= 15 is 0 Å². The first kappa shape index (κ1) is 19.0. The molecule has 0 radical (unpaired) electrons. The van der Waals surface area contributed by atoms with Crippen molar-refractivity contribution in [2.45, 2.75) is 18.9 Å². The number of rotatable bonds is 9. The van der Waals surface area contributed by atoms with Crippen molar-refractivity contribution in [2.24, 2.45) is 0 Å². The van der Waals surface area contributed by atoms with Gasteiger partial charge in [-0.3, -0.25) is 14.4 Å². The molecule has 2 amide bonds. The van der Waals surface area contributed by atoms with Gasteiger partial charge in [-0.05, 0) is 30.6 Å². The van der Waals surface area contributed by atoms with Gasteiger partial charge in [0.25, 0.3) is 5.91 Å². The summed E-state index contributed by atoms with van der Waals surface area (Å²) in [5.41, 5.74) is 0.489. The first-order valence-corrected chi connectivity index (χ1v) is 8.66. The van der Waals surface area contributed by atoms with E-state index < -0.39 is 12.0 Å². The fourth-order valence-electron chi connectivity index (χ4n) is 1.96. The number of hydrogen-bond acceptors (Lipinski definition) is 4. The van der Waals surface area contributed by atoms with Crippen LogP contribution in [-0.2, 0) is 9.59 Å². The third-order valence-corrected chi connectivity index (χ3v) is 3.93. The summed E-state index contributed by atoms with van der Waals surface area (Å²) in [5, 5.41) is 11.5. The third-order valence-electron chi connectivity index (χ3n) is 3.29. The summed E-state index contributed by atoms with van der Waals surface area (Å²) < 4.78 is 0. The molecule has 0 saturated carbocycles. The van der Waals surface area contributed by atoms with Crippen LogP contribution >= 0.6 is 11.8 Å². The van der Waals surface area contributed by atoms with Crippen LogP contribution < -0.4 is 5.32 Å². The molecule has 0 bridgehead atoms. The van der Waals surface area contributed by atoms with Crippen molar-refractivity contribution in [2.75, 3.05) is 25.6 Å². The number of thioether (sulfide) groups is 1. The predicted molar refractivity (Wildman–Crippen MR) is 90.6 cm³/mol. The Balaban J connectivity index is 2.72. The van der Waals surface area contributed by atoms with Gasteiger partial charge in [-0.15, -0.1) is 0 Å². The van der Waals surface area contributed by atoms with Crippen LogP contribution in [0.5, 0.6) is 0 Å². The number of nitrogens with zero attached hydrogens (tertiary/aromatic N) is 1. The van der Waals surface area contributed by atoms with E-state index in [-0.39, 0.29) is 24.8 Å². The van der Waals surface area contributed by atoms with E-state index in [1.807, 2.05) is 12.3 Å². The maximum Gasteiger partial charge on any atom is 0.305 e. The molecule has 0 aliphatic carbocycles. The molecule has 1 unspecified atom stereocenters. The third kappa shape index (κ3) is 6.73. The van der Waals surface area contributed by atoms with Gasteiger partial charge in [-0.1, -0.05) is 18.2 Å². The lowest BCUT2D eigenvalue weighted by atomic mass is 10.1. The van der Waals surface area contributed by atoms with Gasteiger partial charge in [0.05, 0.1) is 6.42 Å². The van der Waals surface area contributed by atoms with Crippen molar-refractivity contribution in [3.05, 3.63) is 35.9 Å². The predicted octanol–water partition coefficient (Wildman–Crippen LogP) is 1.47. The van der Waals surface area contributed by atoms with Crippen LogP contribution in [0.3, 0.4) is 0 Å². The topological polar surface area (TPSA) is 86.7 Å². The van der Waals surface area contributed by atoms with Crippen LogP contribution in [0.4, 0.5) is 0 Å². The maximum absolute atomic E-state index is 12.4. The second kappa shape index (κ2) is 9.89. The molecular formula is C16H22N2O4S. The van der Waals surface area contributed by atoms with Gasteiger partial charge in [0, 0.05) is 19.2 Å². The summed E-state index contributed by atoms with van der Waals surface area (Å²) in [4.78, 5) is 36.6. The van der Waals surface area contributed by atoms with Gasteiger partial charge < -0.3 is 15.3 Å². The number of hydrogen-bond donors (Lipinski definition) is 2. The average Bonchev–Trinajstić information content (AvgIpc) is 2.56. The van der Waals surface area contributed by atoms with Crippen molar-refractivity contribution in [1.29, 1.82) is 0 Å². The Hall–Kier alpha value is -2.02. The summed E-state index contributed by atoms with van der Waals surface area (Å²) in [5.74, 6) is -0.821. The molecule has 1 aromatic carbocycles. The summed E-state index contributed by atoms with van der Waals surface area (Å²) in [6.07, 6.45) is 2.30. The lowest BCUT2D eigenvalue weighted by Crippen LogP contribution is -2.48. The minimum absolute atomic E-state index is 0.116. The molecule has 0 fully saturated rings. The van der Waals surface area contributed by atoms with Crippen molar-refractivity contribution in [1.82, 2.24) is 10.2 Å². The quantitative estimate of drug-likeness (QED) is 0.712. The van der Waals surface area contributed by atoms with Crippen molar-refractivity contribution in [3.63, 3.8) is 0 Å². The van der Waals surface area contributed by atoms with E-state index in [2.05, 4.69) is 5.32 Å². The molecule has 6 nitrogen and oxygen atoms in total. The lowest BCUT2D eigenvalue weighted by molar-refractivity contribution is -0.138. The highest BCUT2D eigenvalue weighted by Gasteiger charge is 2.24. The van der Waals surface area contributed by atoms with Crippen LogP contribution in [0.1, 0.15) is 23.2 Å². The van der Waals surface area contributed by atoms with Gasteiger partial charge in [0.2, 0.25) is 5.91 Å². The molecule has 0 heterocycles. The number of aliphatic carboxylic acids is 1. The van der Waals surface area contributed by atoms with Gasteiger partial charge in [-0.2, -0.15) is 11.8 Å². The summed E-state index contributed by atoms with van der Waals surface area (Å²) >= 11 is 1.58. The standard InChI is InChI=1S/C16H22N2O4S/c1-18(10-8-14(19)20)16(22)13(9-11-23-2)17-15(21)12-6-4-3-5-7-12/h3-7,13H,8-11H2,1-2H3,(H,17,21)(H,19,20). The van der Waals surface area contributed by atoms with Gasteiger partial charge in [0.15, 0.2) is 0 Å². The summed E-state index contributed by atoms with van der Waals surface area (Å²) in [6, 6.07) is 8.03. The largest absolute Gasteiger partial charge is 0.481 e. The van der Waals surface area contributed by atoms with Gasteiger partial charge >= 0.3 is 5.97 Å². The SMILES string of the molecule is CSCCC(NC(=O)c1ccccc1)C(=O)N(C)CCC(=O)O. The van der Waals surface area contributed by atoms with Crippen molar-refractivity contribution in [3.8, 4) is 0 Å². The maximum atomic E-state index is 12.4. The van der Waals surface area contributed by atoms with Crippen molar-refractivity contribution < 1.29 is 19.5 Å². The minimum atomic E-state index is -0.960. The van der Waals surface area contributed by atoms with E-state index in [4.69, 9.17) is 5.11 Å². The van der Waals surface area contributed by atoms with E-state index in [9.17, 15) is 14.4 Å². The van der Waals surface area contributed by atoms with E-state index in [0.29, 0.717) is 12.0 Å². The molecule has 0 spiro atoms. The molecule has 0 saturated heterocycles. The fraction of sp³-hybridized carbons (Fsp3) is 0.438. The molecule has 1 rings (SSSR count). The smallest absolute Gasteiger partial charge is 0.305 e. The number of benzene rings is 1. The van der Waals surface area contributed by atoms with Crippen LogP contribution in [0.25, 0.3) is 0 Å². The molecule has 1 atom stereocenters. The van der Waals surface area contributed by atoms with E-state index in [1.54, 1.807) is 43.1 Å². The lowest BCUT2D eigenvalue weighted by Gasteiger charge is -2.24. The summed E-state index contributed by atoms with van der Waals surface area (Å²) in [6.45, 7) is 0.116. The number of amides is 2. The number of nitrogens with one attached hydrogen (secondary N) is 1. The number of likely N-dealkylation sites (N-methyl/N-ethyl adjacent to an activating group) is 1. The zero-order valence-electron chi connectivity index (χ0n) is 13.3. The molecule has 7 heteroatoms. The van der Waals surface area contributed by atoms with E-state index in [1.165, 1.54) is 4.90 Å². The van der Waals surface area contributed by atoms with Crippen molar-refractivity contribution >= 4 is 29.5 Å². The molecular weight excluding hydrogens is 316 g/mol. The molecule has 2 N–H and O–H groups in total. The number of carboxylic acid groups (broad SMARTS) is 1. The molecule has 0 aliphatic heterocycles. The molecule has 126 valence electrons. The number of carbonyl (C=O) groups is 3. The Labute approximate surface area is 140 Å². The Morgan fingerprint density at radius 2 is 1.91 bits per heavy atom.